The molecule has 0 saturated carbocycles. The van der Waals surface area contributed by atoms with E-state index < -0.39 is 5.66 Å². The summed E-state index contributed by atoms with van der Waals surface area (Å²) in [5.41, 5.74) is 15.8. The van der Waals surface area contributed by atoms with Gasteiger partial charge in [0.15, 0.2) is 0 Å². The lowest BCUT2D eigenvalue weighted by molar-refractivity contribution is 0.581. The van der Waals surface area contributed by atoms with Gasteiger partial charge >= 0.3 is 0 Å². The summed E-state index contributed by atoms with van der Waals surface area (Å²) in [6.45, 7) is 12.0. The fraction of sp³-hybridized carbons (Fsp3) is 0.240. The van der Waals surface area contributed by atoms with Crippen molar-refractivity contribution < 1.29 is 0 Å². The third kappa shape index (κ3) is 5.26. The van der Waals surface area contributed by atoms with Crippen molar-refractivity contribution in [3.05, 3.63) is 95.2 Å². The molecule has 1 aliphatic carbocycles. The maximum Gasteiger partial charge on any atom is 0.134 e. The van der Waals surface area contributed by atoms with Crippen LogP contribution in [0.1, 0.15) is 25.0 Å². The normalized spacial score (nSPS) is 15.4. The molecule has 2 aromatic carbocycles. The molecule has 0 saturated heterocycles. The van der Waals surface area contributed by atoms with E-state index in [1.165, 1.54) is 5.56 Å². The van der Waals surface area contributed by atoms with Crippen LogP contribution in [0.25, 0.3) is 0 Å². The summed E-state index contributed by atoms with van der Waals surface area (Å²) in [5, 5.41) is 0. The minimum absolute atomic E-state index is 0.195. The lowest BCUT2D eigenvalue weighted by Crippen LogP contribution is -2.53. The van der Waals surface area contributed by atoms with Crippen molar-refractivity contribution in [3.8, 4) is 0 Å². The molecule has 156 valence electrons. The van der Waals surface area contributed by atoms with Gasteiger partial charge in [-0.15, -0.1) is 0 Å². The van der Waals surface area contributed by atoms with Crippen LogP contribution in [0.5, 0.6) is 0 Å². The molecule has 0 aromatic heterocycles. The zero-order chi connectivity index (χ0) is 22.2. The van der Waals surface area contributed by atoms with E-state index in [0.29, 0.717) is 5.71 Å². The topological polar surface area (TPSA) is 89.1 Å². The Morgan fingerprint density at radius 1 is 0.967 bits per heavy atom. The van der Waals surface area contributed by atoms with Gasteiger partial charge in [0.05, 0.1) is 18.0 Å². The highest BCUT2D eigenvalue weighted by molar-refractivity contribution is 6.10. The van der Waals surface area contributed by atoms with Crippen LogP contribution in [0.3, 0.4) is 0 Å². The highest BCUT2D eigenvalue weighted by atomic mass is 15.0. The lowest BCUT2D eigenvalue weighted by Gasteiger charge is -2.28. The molecule has 1 aliphatic rings. The number of rotatable bonds is 6. The number of hydrogen-bond acceptors (Lipinski definition) is 5. The predicted octanol–water partition coefficient (Wildman–Crippen LogP) is 4.27. The number of nitrogens with two attached hydrogens (primary N) is 2. The molecule has 4 N–H and O–H groups in total. The maximum absolute atomic E-state index is 6.40. The Labute approximate surface area is 179 Å². The first-order valence-corrected chi connectivity index (χ1v) is 9.76. The Kier molecular flexibility index (Phi) is 7.75. The van der Waals surface area contributed by atoms with Crippen LogP contribution in [-0.4, -0.2) is 26.2 Å². The van der Waals surface area contributed by atoms with Gasteiger partial charge in [0, 0.05) is 18.0 Å². The van der Waals surface area contributed by atoms with Crippen LogP contribution in [0, 0.1) is 5.41 Å². The Hall–Kier alpha value is -3.15. The second kappa shape index (κ2) is 10.1. The molecule has 0 amide bonds. The van der Waals surface area contributed by atoms with Gasteiger partial charge in [0.25, 0.3) is 0 Å². The minimum Gasteiger partial charge on any atom is -0.305 e. The van der Waals surface area contributed by atoms with Crippen molar-refractivity contribution in [2.24, 2.45) is 31.9 Å². The van der Waals surface area contributed by atoms with Gasteiger partial charge in [-0.2, -0.15) is 0 Å². The van der Waals surface area contributed by atoms with Gasteiger partial charge in [-0.05, 0) is 24.6 Å². The molecule has 2 aromatic rings. The third-order valence-corrected chi connectivity index (χ3v) is 4.95. The molecule has 0 aliphatic heterocycles. The van der Waals surface area contributed by atoms with E-state index in [4.69, 9.17) is 11.5 Å². The largest absolute Gasteiger partial charge is 0.305 e. The molecule has 5 nitrogen and oxygen atoms in total. The van der Waals surface area contributed by atoms with Crippen LogP contribution in [-0.2, 0) is 12.2 Å². The summed E-state index contributed by atoms with van der Waals surface area (Å²) in [6, 6.07) is 19.6. The number of nitrogens with zero attached hydrogens (tertiary/aromatic N) is 3. The predicted molar refractivity (Wildman–Crippen MR) is 129 cm³/mol. The van der Waals surface area contributed by atoms with E-state index >= 15 is 0 Å². The average Bonchev–Trinajstić information content (AvgIpc) is 3.04. The molecule has 0 unspecified atom stereocenters. The van der Waals surface area contributed by atoms with Crippen LogP contribution in [0.2, 0.25) is 0 Å². The average molecular weight is 402 g/mol. The van der Waals surface area contributed by atoms with Crippen LogP contribution in [0.4, 0.5) is 0 Å². The van der Waals surface area contributed by atoms with Crippen molar-refractivity contribution in [2.75, 3.05) is 7.05 Å². The second-order valence-electron chi connectivity index (χ2n) is 7.65. The van der Waals surface area contributed by atoms with Crippen LogP contribution in [0.15, 0.2) is 99.1 Å². The summed E-state index contributed by atoms with van der Waals surface area (Å²) < 4.78 is 0. The van der Waals surface area contributed by atoms with Crippen molar-refractivity contribution in [1.82, 2.24) is 0 Å². The van der Waals surface area contributed by atoms with Gasteiger partial charge in [0.2, 0.25) is 0 Å². The van der Waals surface area contributed by atoms with E-state index in [0.717, 1.165) is 23.4 Å². The van der Waals surface area contributed by atoms with E-state index in [9.17, 15) is 0 Å². The maximum atomic E-state index is 6.40. The van der Waals surface area contributed by atoms with E-state index in [1.54, 1.807) is 7.05 Å². The molecular weight excluding hydrogens is 370 g/mol. The number of allylic oxidation sites excluding steroid dienone is 2. The molecule has 0 bridgehead atoms. The first-order chi connectivity index (χ1) is 14.3. The monoisotopic (exact) mass is 401 g/mol. The zero-order valence-electron chi connectivity index (χ0n) is 18.0. The summed E-state index contributed by atoms with van der Waals surface area (Å²) in [4.78, 5) is 12.3. The molecule has 3 rings (SSSR count). The Morgan fingerprint density at radius 2 is 1.53 bits per heavy atom. The van der Waals surface area contributed by atoms with Crippen molar-refractivity contribution in [2.45, 2.75) is 26.1 Å². The minimum atomic E-state index is -1.17. The molecular formula is C25H31N5. The fourth-order valence-electron chi connectivity index (χ4n) is 3.37. The highest BCUT2D eigenvalue weighted by Crippen LogP contribution is 2.39. The van der Waals surface area contributed by atoms with Crippen molar-refractivity contribution in [1.29, 1.82) is 0 Å². The fourth-order valence-corrected chi connectivity index (χ4v) is 3.37. The Morgan fingerprint density at radius 3 is 2.03 bits per heavy atom. The van der Waals surface area contributed by atoms with Gasteiger partial charge in [-0.1, -0.05) is 86.7 Å². The number of hydrogen-bond donors (Lipinski definition) is 2. The third-order valence-electron chi connectivity index (χ3n) is 4.95. The first kappa shape index (κ1) is 23.1. The summed E-state index contributed by atoms with van der Waals surface area (Å²) in [6.07, 6.45) is 4.04. The van der Waals surface area contributed by atoms with E-state index in [-0.39, 0.29) is 5.41 Å². The molecule has 0 atom stereocenters. The van der Waals surface area contributed by atoms with Crippen molar-refractivity contribution >= 4 is 19.1 Å². The standard InChI is InChI=1S/C17H22N4.C8H9N/c1-16(2)11-10-13(14(16)20-3)15(21-4)17(18,19)12-8-6-5-7-9-12;1-9-7-8-5-3-2-4-6-8/h5-11H,3,18-19H2,1-2,4H3;2-6H,1,7H2. The van der Waals surface area contributed by atoms with Crippen molar-refractivity contribution in [3.63, 3.8) is 0 Å². The zero-order valence-corrected chi connectivity index (χ0v) is 18.0. The number of benzene rings is 2. The number of aliphatic imine (C=N–C) groups is 3. The Balaban J connectivity index is 0.000000297. The molecule has 0 radical (unpaired) electrons. The molecule has 0 fully saturated rings. The molecule has 0 spiro atoms. The molecule has 0 heterocycles. The molecule has 30 heavy (non-hydrogen) atoms. The van der Waals surface area contributed by atoms with Crippen LogP contribution >= 0.6 is 0 Å². The SMILES string of the molecule is C=NC1=C(C(=NC)C(N)(N)c2ccccc2)C=CC1(C)C.C=NCc1ccccc1. The summed E-state index contributed by atoms with van der Waals surface area (Å²) in [7, 11) is 1.69. The summed E-state index contributed by atoms with van der Waals surface area (Å²) in [5.74, 6) is 0. The summed E-state index contributed by atoms with van der Waals surface area (Å²) >= 11 is 0. The van der Waals surface area contributed by atoms with Crippen LogP contribution < -0.4 is 11.5 Å². The van der Waals surface area contributed by atoms with E-state index in [1.807, 2.05) is 66.7 Å². The van der Waals surface area contributed by atoms with E-state index in [2.05, 4.69) is 48.3 Å². The smallest absolute Gasteiger partial charge is 0.134 e. The molecule has 5 heteroatoms. The van der Waals surface area contributed by atoms with Gasteiger partial charge in [-0.25, -0.2) is 0 Å². The Bertz CT molecular complexity index is 952. The quantitative estimate of drug-likeness (QED) is 0.559. The van der Waals surface area contributed by atoms with Gasteiger partial charge < -0.3 is 11.5 Å². The second-order valence-corrected chi connectivity index (χ2v) is 7.65. The highest BCUT2D eigenvalue weighted by Gasteiger charge is 2.36. The van der Waals surface area contributed by atoms with Gasteiger partial charge in [0.1, 0.15) is 5.66 Å². The lowest BCUT2D eigenvalue weighted by atomic mass is 9.87. The first-order valence-electron chi connectivity index (χ1n) is 9.76. The van der Waals surface area contributed by atoms with Gasteiger partial charge in [-0.3, -0.25) is 15.0 Å².